The van der Waals surface area contributed by atoms with E-state index in [2.05, 4.69) is 25.3 Å². The summed E-state index contributed by atoms with van der Waals surface area (Å²) in [6.45, 7) is 0. The Balaban J connectivity index is 1.60. The summed E-state index contributed by atoms with van der Waals surface area (Å²) in [7, 11) is 3.84. The Morgan fingerprint density at radius 1 is 1.03 bits per heavy atom. The zero-order valence-electron chi connectivity index (χ0n) is 17.6. The van der Waals surface area contributed by atoms with Gasteiger partial charge in [0.25, 0.3) is 5.91 Å². The molecule has 0 spiro atoms. The first-order valence-corrected chi connectivity index (χ1v) is 10.1. The summed E-state index contributed by atoms with van der Waals surface area (Å²) in [5.41, 5.74) is 4.29. The van der Waals surface area contributed by atoms with Crippen molar-refractivity contribution in [2.75, 3.05) is 17.3 Å². The van der Waals surface area contributed by atoms with Gasteiger partial charge in [-0.15, -0.1) is 0 Å². The summed E-state index contributed by atoms with van der Waals surface area (Å²) in [4.78, 5) is 31.7. The number of nitrogens with zero attached hydrogens (tertiary/aromatic N) is 5. The van der Waals surface area contributed by atoms with Gasteiger partial charge in [0.2, 0.25) is 5.95 Å². The standard InChI is InChI=1S/C24H21N7O/c1-30-12-11-26-24(30)31(2)19-14-16(21-28-20-9-6-10-25-22(20)29-21)13-17(15-19)23(32)27-18-7-4-3-5-8-18/h3-15H,1-2H3,(H,27,32)(H,25,28,29). The molecular weight excluding hydrogens is 402 g/mol. The van der Waals surface area contributed by atoms with Crippen molar-refractivity contribution in [3.63, 3.8) is 0 Å². The van der Waals surface area contributed by atoms with Crippen LogP contribution in [0.5, 0.6) is 0 Å². The van der Waals surface area contributed by atoms with Gasteiger partial charge in [0, 0.05) is 55.2 Å². The highest BCUT2D eigenvalue weighted by atomic mass is 16.1. The van der Waals surface area contributed by atoms with Gasteiger partial charge in [0.05, 0.1) is 0 Å². The van der Waals surface area contributed by atoms with Crippen LogP contribution in [0.3, 0.4) is 0 Å². The molecule has 5 rings (SSSR count). The quantitative estimate of drug-likeness (QED) is 0.438. The summed E-state index contributed by atoms with van der Waals surface area (Å²) >= 11 is 0. The number of pyridine rings is 1. The number of aromatic nitrogens is 5. The number of fused-ring (bicyclic) bond motifs is 1. The summed E-state index contributed by atoms with van der Waals surface area (Å²) in [6.07, 6.45) is 5.33. The Hall–Kier alpha value is -4.46. The zero-order valence-corrected chi connectivity index (χ0v) is 17.6. The number of hydrogen-bond acceptors (Lipinski definition) is 5. The molecule has 3 aromatic heterocycles. The number of anilines is 3. The minimum atomic E-state index is -0.207. The molecule has 8 nitrogen and oxygen atoms in total. The molecule has 0 aliphatic rings. The molecule has 5 aromatic rings. The molecule has 8 heteroatoms. The van der Waals surface area contributed by atoms with E-state index < -0.39 is 0 Å². The Morgan fingerprint density at radius 3 is 2.62 bits per heavy atom. The van der Waals surface area contributed by atoms with Crippen molar-refractivity contribution in [1.82, 2.24) is 24.5 Å². The first kappa shape index (κ1) is 19.5. The second-order valence-corrected chi connectivity index (χ2v) is 7.44. The van der Waals surface area contributed by atoms with Gasteiger partial charge in [-0.05, 0) is 42.5 Å². The van der Waals surface area contributed by atoms with Gasteiger partial charge in [-0.2, -0.15) is 0 Å². The van der Waals surface area contributed by atoms with E-state index in [0.717, 1.165) is 28.4 Å². The smallest absolute Gasteiger partial charge is 0.255 e. The number of carbonyl (C=O) groups excluding carboxylic acids is 1. The average molecular weight is 423 g/mol. The number of nitrogens with one attached hydrogen (secondary N) is 2. The number of amides is 1. The second kappa shape index (κ2) is 7.99. The van der Waals surface area contributed by atoms with Gasteiger partial charge in [-0.1, -0.05) is 18.2 Å². The van der Waals surface area contributed by atoms with Crippen LogP contribution in [0.4, 0.5) is 17.3 Å². The molecule has 0 unspecified atom stereocenters. The maximum Gasteiger partial charge on any atom is 0.255 e. The van der Waals surface area contributed by atoms with Gasteiger partial charge in [0.1, 0.15) is 11.3 Å². The lowest BCUT2D eigenvalue weighted by molar-refractivity contribution is 0.102. The molecule has 2 aromatic carbocycles. The number of aromatic amines is 1. The van der Waals surface area contributed by atoms with Crippen LogP contribution >= 0.6 is 0 Å². The van der Waals surface area contributed by atoms with Crippen molar-refractivity contribution in [3.05, 3.63) is 84.8 Å². The molecule has 0 saturated carbocycles. The topological polar surface area (TPSA) is 91.7 Å². The van der Waals surface area contributed by atoms with Crippen LogP contribution in [0.25, 0.3) is 22.6 Å². The highest BCUT2D eigenvalue weighted by molar-refractivity contribution is 6.05. The van der Waals surface area contributed by atoms with E-state index in [-0.39, 0.29) is 5.91 Å². The number of para-hydroxylation sites is 1. The SMILES string of the molecule is CN(c1cc(C(=O)Nc2ccccc2)cc(-c2nc3cccnc3[nH]2)c1)c1nccn1C. The number of rotatable bonds is 5. The predicted molar refractivity (Wildman–Crippen MR) is 125 cm³/mol. The molecule has 0 aliphatic heterocycles. The van der Waals surface area contributed by atoms with Gasteiger partial charge in [-0.3, -0.25) is 4.79 Å². The number of hydrogen-bond donors (Lipinski definition) is 2. The van der Waals surface area contributed by atoms with Crippen molar-refractivity contribution in [2.24, 2.45) is 7.05 Å². The second-order valence-electron chi connectivity index (χ2n) is 7.44. The van der Waals surface area contributed by atoms with Gasteiger partial charge < -0.3 is 19.8 Å². The van der Waals surface area contributed by atoms with Crippen LogP contribution in [0, 0.1) is 0 Å². The number of benzene rings is 2. The molecule has 1 amide bonds. The highest BCUT2D eigenvalue weighted by Crippen LogP contribution is 2.29. The van der Waals surface area contributed by atoms with Crippen LogP contribution in [-0.2, 0) is 7.05 Å². The Bertz CT molecular complexity index is 1370. The average Bonchev–Trinajstić information content (AvgIpc) is 3.45. The lowest BCUT2D eigenvalue weighted by atomic mass is 10.1. The van der Waals surface area contributed by atoms with Crippen LogP contribution in [0.1, 0.15) is 10.4 Å². The molecule has 0 fully saturated rings. The van der Waals surface area contributed by atoms with Gasteiger partial charge in [0.15, 0.2) is 5.65 Å². The van der Waals surface area contributed by atoms with E-state index in [0.29, 0.717) is 17.0 Å². The highest BCUT2D eigenvalue weighted by Gasteiger charge is 2.17. The maximum atomic E-state index is 13.1. The van der Waals surface area contributed by atoms with E-state index in [1.165, 1.54) is 0 Å². The fourth-order valence-electron chi connectivity index (χ4n) is 3.57. The van der Waals surface area contributed by atoms with E-state index in [4.69, 9.17) is 0 Å². The van der Waals surface area contributed by atoms with Crippen LogP contribution in [0.2, 0.25) is 0 Å². The number of aryl methyl sites for hydroxylation is 1. The Morgan fingerprint density at radius 2 is 1.88 bits per heavy atom. The fraction of sp³-hybridized carbons (Fsp3) is 0.0833. The number of H-pyrrole nitrogens is 1. The summed E-state index contributed by atoms with van der Waals surface area (Å²) in [5.74, 6) is 1.19. The largest absolute Gasteiger partial charge is 0.323 e. The molecule has 3 heterocycles. The first-order chi connectivity index (χ1) is 15.6. The normalized spacial score (nSPS) is 10.9. The van der Waals surface area contributed by atoms with Crippen LogP contribution < -0.4 is 10.2 Å². The van der Waals surface area contributed by atoms with Crippen LogP contribution in [0.15, 0.2) is 79.3 Å². The van der Waals surface area contributed by atoms with Crippen molar-refractivity contribution in [1.29, 1.82) is 0 Å². The third-order valence-electron chi connectivity index (χ3n) is 5.22. The molecule has 0 aliphatic carbocycles. The minimum absolute atomic E-state index is 0.207. The summed E-state index contributed by atoms with van der Waals surface area (Å²) < 4.78 is 1.92. The van der Waals surface area contributed by atoms with Crippen molar-refractivity contribution >= 4 is 34.4 Å². The van der Waals surface area contributed by atoms with E-state index in [1.807, 2.05) is 90.4 Å². The van der Waals surface area contributed by atoms with E-state index in [1.54, 1.807) is 12.4 Å². The van der Waals surface area contributed by atoms with E-state index in [9.17, 15) is 4.79 Å². The van der Waals surface area contributed by atoms with Gasteiger partial charge in [-0.25, -0.2) is 15.0 Å². The molecule has 0 atom stereocenters. The molecule has 158 valence electrons. The Kier molecular flexibility index (Phi) is 4.87. The van der Waals surface area contributed by atoms with Crippen LogP contribution in [-0.4, -0.2) is 37.5 Å². The lowest BCUT2D eigenvalue weighted by Crippen LogP contribution is -2.17. The molecule has 2 N–H and O–H groups in total. The number of imidazole rings is 2. The van der Waals surface area contributed by atoms with Crippen molar-refractivity contribution in [3.8, 4) is 11.4 Å². The predicted octanol–water partition coefficient (Wildman–Crippen LogP) is 4.38. The monoisotopic (exact) mass is 423 g/mol. The minimum Gasteiger partial charge on any atom is -0.323 e. The lowest BCUT2D eigenvalue weighted by Gasteiger charge is -2.20. The third-order valence-corrected chi connectivity index (χ3v) is 5.22. The zero-order chi connectivity index (χ0) is 22.1. The van der Waals surface area contributed by atoms with Gasteiger partial charge >= 0.3 is 0 Å². The third kappa shape index (κ3) is 3.69. The molecule has 32 heavy (non-hydrogen) atoms. The molecule has 0 bridgehead atoms. The van der Waals surface area contributed by atoms with E-state index >= 15 is 0 Å². The first-order valence-electron chi connectivity index (χ1n) is 10.1. The summed E-state index contributed by atoms with van der Waals surface area (Å²) in [5, 5.41) is 2.95. The van der Waals surface area contributed by atoms with Crippen molar-refractivity contribution in [2.45, 2.75) is 0 Å². The summed E-state index contributed by atoms with van der Waals surface area (Å²) in [6, 6.07) is 18.8. The molecule has 0 radical (unpaired) electrons. The molecular formula is C24H21N7O. The number of carbonyl (C=O) groups is 1. The van der Waals surface area contributed by atoms with Crippen molar-refractivity contribution < 1.29 is 4.79 Å². The Labute approximate surface area is 184 Å². The molecule has 0 saturated heterocycles. The maximum absolute atomic E-state index is 13.1. The fourth-order valence-corrected chi connectivity index (χ4v) is 3.57.